The van der Waals surface area contributed by atoms with Crippen molar-refractivity contribution in [3.05, 3.63) is 185 Å². The lowest BCUT2D eigenvalue weighted by molar-refractivity contribution is 1.26. The van der Waals surface area contributed by atoms with Crippen LogP contribution in [-0.2, 0) is 0 Å². The van der Waals surface area contributed by atoms with E-state index in [1.807, 2.05) is 24.3 Å². The zero-order valence-electron chi connectivity index (χ0n) is 27.8. The van der Waals surface area contributed by atoms with Crippen LogP contribution in [0.2, 0.25) is 0 Å². The number of nitrogens with one attached hydrogen (secondary N) is 1. The van der Waals surface area contributed by atoms with Gasteiger partial charge in [0.25, 0.3) is 0 Å². The van der Waals surface area contributed by atoms with Gasteiger partial charge < -0.3 is 9.80 Å². The van der Waals surface area contributed by atoms with Gasteiger partial charge in [-0.25, -0.2) is 4.99 Å². The van der Waals surface area contributed by atoms with Crippen LogP contribution in [0.1, 0.15) is 33.4 Å². The quantitative estimate of drug-likeness (QED) is 0.192. The van der Waals surface area contributed by atoms with Gasteiger partial charge in [0.15, 0.2) is 0 Å². The summed E-state index contributed by atoms with van der Waals surface area (Å²) in [5.74, 6) is 0. The lowest BCUT2D eigenvalue weighted by Gasteiger charge is -2.32. The van der Waals surface area contributed by atoms with Crippen LogP contribution in [0, 0.1) is 33.1 Å². The van der Waals surface area contributed by atoms with Gasteiger partial charge in [-0.3, -0.25) is 5.41 Å². The fourth-order valence-corrected chi connectivity index (χ4v) is 6.10. The van der Waals surface area contributed by atoms with Crippen molar-refractivity contribution in [2.24, 2.45) is 4.99 Å². The van der Waals surface area contributed by atoms with Crippen LogP contribution < -0.4 is 9.80 Å². The molecule has 234 valence electrons. The van der Waals surface area contributed by atoms with Gasteiger partial charge in [-0.2, -0.15) is 0 Å². The first-order valence-electron chi connectivity index (χ1n) is 16.3. The van der Waals surface area contributed by atoms with Crippen LogP contribution in [0.25, 0.3) is 5.70 Å². The first-order chi connectivity index (χ1) is 23.3. The van der Waals surface area contributed by atoms with E-state index < -0.39 is 0 Å². The molecule has 0 heterocycles. The summed E-state index contributed by atoms with van der Waals surface area (Å²) < 4.78 is 0. The van der Waals surface area contributed by atoms with Gasteiger partial charge in [-0.1, -0.05) is 95.1 Å². The molecule has 0 amide bonds. The normalized spacial score (nSPS) is 13.2. The largest absolute Gasteiger partial charge is 0.311 e. The third kappa shape index (κ3) is 6.21. The summed E-state index contributed by atoms with van der Waals surface area (Å²) in [7, 11) is 0. The lowest BCUT2D eigenvalue weighted by atomic mass is 9.90. The Kier molecular flexibility index (Phi) is 8.31. The molecule has 1 aliphatic carbocycles. The van der Waals surface area contributed by atoms with Crippen LogP contribution >= 0.6 is 0 Å². The van der Waals surface area contributed by atoms with Gasteiger partial charge in [0.05, 0.1) is 22.8 Å². The fraction of sp³-hybridized carbons (Fsp3) is 0.0909. The monoisotopic (exact) mass is 622 g/mol. The summed E-state index contributed by atoms with van der Waals surface area (Å²) in [6.07, 6.45) is 1.95. The molecule has 6 aromatic carbocycles. The van der Waals surface area contributed by atoms with Gasteiger partial charge in [-0.05, 0) is 107 Å². The number of hydrogen-bond donors (Lipinski definition) is 1. The lowest BCUT2D eigenvalue weighted by Crippen LogP contribution is -2.26. The van der Waals surface area contributed by atoms with Crippen molar-refractivity contribution in [3.63, 3.8) is 0 Å². The zero-order chi connectivity index (χ0) is 33.2. The van der Waals surface area contributed by atoms with Crippen molar-refractivity contribution in [1.29, 1.82) is 5.41 Å². The summed E-state index contributed by atoms with van der Waals surface area (Å²) in [6.45, 7) is 8.41. The number of aryl methyl sites for hydroxylation is 4. The number of hydrogen-bond acceptors (Lipinski definition) is 4. The van der Waals surface area contributed by atoms with E-state index in [4.69, 9.17) is 4.99 Å². The van der Waals surface area contributed by atoms with Crippen molar-refractivity contribution in [2.45, 2.75) is 27.7 Å². The highest BCUT2D eigenvalue weighted by atomic mass is 15.2. The maximum atomic E-state index is 9.27. The maximum Gasteiger partial charge on any atom is 0.0966 e. The molecule has 0 aliphatic heterocycles. The van der Waals surface area contributed by atoms with Crippen molar-refractivity contribution < 1.29 is 0 Å². The van der Waals surface area contributed by atoms with Crippen LogP contribution in [0.4, 0.5) is 34.1 Å². The molecule has 7 rings (SSSR count). The van der Waals surface area contributed by atoms with Gasteiger partial charge in [0.2, 0.25) is 0 Å². The highest BCUT2D eigenvalue weighted by molar-refractivity contribution is 6.54. The van der Waals surface area contributed by atoms with E-state index in [1.54, 1.807) is 0 Å². The first-order valence-corrected chi connectivity index (χ1v) is 16.3. The average Bonchev–Trinajstić information content (AvgIpc) is 3.10. The van der Waals surface area contributed by atoms with E-state index in [1.165, 1.54) is 22.3 Å². The predicted octanol–water partition coefficient (Wildman–Crippen LogP) is 11.7. The molecule has 4 nitrogen and oxygen atoms in total. The Hall–Kier alpha value is -6.00. The maximum absolute atomic E-state index is 9.27. The Morgan fingerprint density at radius 3 is 1.19 bits per heavy atom. The van der Waals surface area contributed by atoms with Gasteiger partial charge >= 0.3 is 0 Å². The minimum atomic E-state index is 0.373. The molecule has 4 heteroatoms. The summed E-state index contributed by atoms with van der Waals surface area (Å²) in [4.78, 5) is 9.58. The number of fused-ring (bicyclic) bond motifs is 1. The number of aliphatic imine (C=N–C) groups is 1. The van der Waals surface area contributed by atoms with Crippen molar-refractivity contribution in [3.8, 4) is 0 Å². The van der Waals surface area contributed by atoms with Crippen molar-refractivity contribution in [1.82, 2.24) is 0 Å². The SMILES string of the molecule is Cc1ccc(N(C2=CC(=N)C(=Nc3ccc(N(c4ccc(C)cc4)c4ccc(C)cc4)cc3)c3ccccc32)c2ccc(C)cc2)cc1. The number of allylic oxidation sites excluding steroid dienone is 1. The molecule has 0 saturated heterocycles. The molecular weight excluding hydrogens is 585 g/mol. The molecule has 1 aliphatic rings. The number of anilines is 5. The van der Waals surface area contributed by atoms with Crippen LogP contribution in [0.5, 0.6) is 0 Å². The van der Waals surface area contributed by atoms with Gasteiger partial charge in [0, 0.05) is 39.6 Å². The molecule has 6 aromatic rings. The molecular formula is C44H38N4. The Morgan fingerprint density at radius 1 is 0.417 bits per heavy atom. The van der Waals surface area contributed by atoms with E-state index >= 15 is 0 Å². The Morgan fingerprint density at radius 2 is 0.771 bits per heavy atom. The Bertz CT molecular complexity index is 2050. The summed E-state index contributed by atoms with van der Waals surface area (Å²) in [6, 6.07) is 50.9. The number of rotatable bonds is 7. The second-order valence-electron chi connectivity index (χ2n) is 12.5. The van der Waals surface area contributed by atoms with Crippen LogP contribution in [0.3, 0.4) is 0 Å². The molecule has 0 radical (unpaired) electrons. The Labute approximate surface area is 283 Å². The van der Waals surface area contributed by atoms with E-state index in [0.717, 1.165) is 50.9 Å². The molecule has 0 atom stereocenters. The standard InChI is InChI=1S/C44H38N4/c1-30-9-19-35(20-10-30)47(36-21-11-31(2)12-22-36)37-27-17-34(18-28-37)46-44-41-8-6-5-7-40(41)43(29-42(44)45)48(38-23-13-32(3)14-24-38)39-25-15-33(4)16-26-39/h5-29,45H,1-4H3. The van der Waals surface area contributed by atoms with E-state index in [0.29, 0.717) is 11.4 Å². The Balaban J connectivity index is 1.27. The van der Waals surface area contributed by atoms with E-state index in [9.17, 15) is 5.41 Å². The summed E-state index contributed by atoms with van der Waals surface area (Å²) in [5.41, 5.74) is 14.9. The second-order valence-corrected chi connectivity index (χ2v) is 12.5. The second kappa shape index (κ2) is 13.0. The minimum Gasteiger partial charge on any atom is -0.311 e. The smallest absolute Gasteiger partial charge is 0.0966 e. The minimum absolute atomic E-state index is 0.373. The molecule has 0 saturated carbocycles. The van der Waals surface area contributed by atoms with Gasteiger partial charge in [0.1, 0.15) is 0 Å². The highest BCUT2D eigenvalue weighted by Crippen LogP contribution is 2.39. The molecule has 0 aromatic heterocycles. The van der Waals surface area contributed by atoms with Crippen LogP contribution in [-0.4, -0.2) is 11.4 Å². The molecule has 1 N–H and O–H groups in total. The highest BCUT2D eigenvalue weighted by Gasteiger charge is 2.27. The van der Waals surface area contributed by atoms with E-state index in [2.05, 4.69) is 165 Å². The number of nitrogens with zero attached hydrogens (tertiary/aromatic N) is 3. The summed E-state index contributed by atoms with van der Waals surface area (Å²) >= 11 is 0. The zero-order valence-corrected chi connectivity index (χ0v) is 27.8. The third-order valence-electron chi connectivity index (χ3n) is 8.75. The van der Waals surface area contributed by atoms with Crippen molar-refractivity contribution >= 4 is 51.2 Å². The first kappa shape index (κ1) is 30.6. The summed E-state index contributed by atoms with van der Waals surface area (Å²) in [5, 5.41) is 9.27. The molecule has 0 spiro atoms. The van der Waals surface area contributed by atoms with Crippen molar-refractivity contribution in [2.75, 3.05) is 9.80 Å². The average molecular weight is 623 g/mol. The predicted molar refractivity (Wildman–Crippen MR) is 203 cm³/mol. The van der Waals surface area contributed by atoms with E-state index in [-0.39, 0.29) is 0 Å². The number of benzene rings is 6. The topological polar surface area (TPSA) is 42.7 Å². The molecule has 48 heavy (non-hydrogen) atoms. The van der Waals surface area contributed by atoms with Gasteiger partial charge in [-0.15, -0.1) is 0 Å². The third-order valence-corrected chi connectivity index (χ3v) is 8.75. The fourth-order valence-electron chi connectivity index (χ4n) is 6.10. The molecule has 0 unspecified atom stereocenters. The molecule has 0 fully saturated rings. The molecule has 0 bridgehead atoms. The van der Waals surface area contributed by atoms with Crippen LogP contribution in [0.15, 0.2) is 157 Å².